The van der Waals surface area contributed by atoms with Crippen LogP contribution in [-0.4, -0.2) is 43.5 Å². The molecule has 0 radical (unpaired) electrons. The van der Waals surface area contributed by atoms with Crippen molar-refractivity contribution in [2.75, 3.05) is 13.7 Å². The maximum absolute atomic E-state index is 13.2. The van der Waals surface area contributed by atoms with Gasteiger partial charge in [0.25, 0.3) is 0 Å². The van der Waals surface area contributed by atoms with E-state index in [1.165, 1.54) is 10.4 Å². The molecule has 1 heterocycles. The molecule has 1 aliphatic rings. The molecule has 0 bridgehead atoms. The average Bonchev–Trinajstić information content (AvgIpc) is 2.52. The smallest absolute Gasteiger partial charge is 0.328 e. The summed E-state index contributed by atoms with van der Waals surface area (Å²) in [4.78, 5) is 11.1. The van der Waals surface area contributed by atoms with E-state index in [-0.39, 0.29) is 4.90 Å². The Kier molecular flexibility index (Phi) is 5.66. The normalized spacial score (nSPS) is 19.5. The minimum absolute atomic E-state index is 0.277. The first kappa shape index (κ1) is 18.5. The second-order valence-electron chi connectivity index (χ2n) is 5.97. The van der Waals surface area contributed by atoms with Crippen LogP contribution in [0.5, 0.6) is 5.75 Å². The summed E-state index contributed by atoms with van der Waals surface area (Å²) in [5, 5.41) is 8.83. The molecule has 1 atom stereocenters. The van der Waals surface area contributed by atoms with Crippen molar-refractivity contribution in [1.29, 1.82) is 0 Å². The summed E-state index contributed by atoms with van der Waals surface area (Å²) < 4.78 is 33.0. The minimum Gasteiger partial charge on any atom is -0.497 e. The number of carbonyl (C=O) groups is 1. The predicted octanol–water partition coefficient (Wildman–Crippen LogP) is 2.50. The van der Waals surface area contributed by atoms with Gasteiger partial charge < -0.3 is 9.84 Å². The van der Waals surface area contributed by atoms with E-state index in [1.54, 1.807) is 33.1 Å². The summed E-state index contributed by atoms with van der Waals surface area (Å²) in [6.45, 7) is 3.88. The van der Waals surface area contributed by atoms with Crippen molar-refractivity contribution in [3.05, 3.63) is 35.4 Å². The Bertz CT molecular complexity index is 731. The third kappa shape index (κ3) is 3.79. The number of hydrogen-bond donors (Lipinski definition) is 1. The van der Waals surface area contributed by atoms with Gasteiger partial charge in [-0.2, -0.15) is 4.31 Å². The molecular formula is C17H23NO5S. The van der Waals surface area contributed by atoms with Crippen molar-refractivity contribution < 1.29 is 23.1 Å². The van der Waals surface area contributed by atoms with Crippen LogP contribution in [0.2, 0.25) is 0 Å². The summed E-state index contributed by atoms with van der Waals surface area (Å²) in [7, 11) is -2.17. The first-order valence-electron chi connectivity index (χ1n) is 7.85. The van der Waals surface area contributed by atoms with Crippen molar-refractivity contribution in [2.45, 2.75) is 44.0 Å². The zero-order valence-corrected chi connectivity index (χ0v) is 15.0. The van der Waals surface area contributed by atoms with E-state index < -0.39 is 22.0 Å². The van der Waals surface area contributed by atoms with E-state index in [4.69, 9.17) is 9.84 Å². The van der Waals surface area contributed by atoms with Crippen LogP contribution < -0.4 is 4.74 Å². The number of carboxylic acid groups (broad SMARTS) is 1. The summed E-state index contributed by atoms with van der Waals surface area (Å²) in [5.41, 5.74) is 1.25. The molecule has 24 heavy (non-hydrogen) atoms. The molecule has 1 unspecified atom stereocenters. The number of piperidine rings is 1. The fourth-order valence-corrected chi connectivity index (χ4v) is 5.24. The standard InChI is InChI=1S/C17H23NO5S/c1-12-10-15(23-3)11-13(2)17(12)24(21,22)18-9-5-4-6-14(18)7-8-16(19)20/h7-8,10-11,14H,4-6,9H2,1-3H3,(H,19,20). The topological polar surface area (TPSA) is 83.9 Å². The van der Waals surface area contributed by atoms with Crippen LogP contribution in [0.4, 0.5) is 0 Å². The van der Waals surface area contributed by atoms with E-state index in [0.717, 1.165) is 18.9 Å². The summed E-state index contributed by atoms with van der Waals surface area (Å²) in [6.07, 6.45) is 4.75. The molecule has 0 amide bonds. The number of methoxy groups -OCH3 is 1. The van der Waals surface area contributed by atoms with Gasteiger partial charge in [-0.05, 0) is 49.9 Å². The van der Waals surface area contributed by atoms with Gasteiger partial charge in [0.05, 0.1) is 12.0 Å². The number of rotatable bonds is 5. The van der Waals surface area contributed by atoms with Crippen LogP contribution in [0.15, 0.2) is 29.2 Å². The molecule has 1 aliphatic heterocycles. The summed E-state index contributed by atoms with van der Waals surface area (Å²) in [5.74, 6) is -0.459. The first-order valence-corrected chi connectivity index (χ1v) is 9.29. The van der Waals surface area contributed by atoms with Gasteiger partial charge in [-0.1, -0.05) is 12.5 Å². The van der Waals surface area contributed by atoms with E-state index in [1.807, 2.05) is 0 Å². The monoisotopic (exact) mass is 353 g/mol. The average molecular weight is 353 g/mol. The van der Waals surface area contributed by atoms with Crippen LogP contribution in [0.1, 0.15) is 30.4 Å². The van der Waals surface area contributed by atoms with Gasteiger partial charge in [0.15, 0.2) is 0 Å². The van der Waals surface area contributed by atoms with E-state index in [0.29, 0.717) is 29.8 Å². The molecule has 0 saturated carbocycles. The Morgan fingerprint density at radius 1 is 1.29 bits per heavy atom. The highest BCUT2D eigenvalue weighted by Crippen LogP contribution is 2.32. The third-order valence-corrected chi connectivity index (χ3v) is 6.43. The highest BCUT2D eigenvalue weighted by Gasteiger charge is 2.34. The number of nitrogens with zero attached hydrogens (tertiary/aromatic N) is 1. The lowest BCUT2D eigenvalue weighted by atomic mass is 10.0. The molecule has 2 rings (SSSR count). The second kappa shape index (κ2) is 7.36. The lowest BCUT2D eigenvalue weighted by Gasteiger charge is -2.33. The summed E-state index contributed by atoms with van der Waals surface area (Å²) in [6, 6.07) is 2.97. The van der Waals surface area contributed by atoms with Crippen molar-refractivity contribution in [1.82, 2.24) is 4.31 Å². The SMILES string of the molecule is COc1cc(C)c(S(=O)(=O)N2CCCCC2C=CC(=O)O)c(C)c1. The zero-order valence-electron chi connectivity index (χ0n) is 14.2. The van der Waals surface area contributed by atoms with Crippen LogP contribution in [-0.2, 0) is 14.8 Å². The van der Waals surface area contributed by atoms with E-state index in [2.05, 4.69) is 0 Å². The van der Waals surface area contributed by atoms with Gasteiger partial charge >= 0.3 is 5.97 Å². The van der Waals surface area contributed by atoms with Gasteiger partial charge in [-0.15, -0.1) is 0 Å². The fourth-order valence-electron chi connectivity index (χ4n) is 3.17. The lowest BCUT2D eigenvalue weighted by Crippen LogP contribution is -2.43. The molecule has 132 valence electrons. The van der Waals surface area contributed by atoms with Crippen LogP contribution >= 0.6 is 0 Å². The number of sulfonamides is 1. The molecule has 1 fully saturated rings. The highest BCUT2D eigenvalue weighted by atomic mass is 32.2. The second-order valence-corrected chi connectivity index (χ2v) is 7.79. The van der Waals surface area contributed by atoms with Crippen molar-refractivity contribution in [3.63, 3.8) is 0 Å². The molecule has 1 saturated heterocycles. The van der Waals surface area contributed by atoms with Crippen LogP contribution in [0, 0.1) is 13.8 Å². The maximum atomic E-state index is 13.2. The molecule has 0 spiro atoms. The number of ether oxygens (including phenoxy) is 1. The molecule has 1 aromatic carbocycles. The van der Waals surface area contributed by atoms with Gasteiger partial charge in [-0.3, -0.25) is 0 Å². The zero-order chi connectivity index (χ0) is 17.9. The van der Waals surface area contributed by atoms with Crippen molar-refractivity contribution in [2.24, 2.45) is 0 Å². The van der Waals surface area contributed by atoms with Crippen molar-refractivity contribution >= 4 is 16.0 Å². The molecule has 1 N–H and O–H groups in total. The maximum Gasteiger partial charge on any atom is 0.328 e. The lowest BCUT2D eigenvalue weighted by molar-refractivity contribution is -0.131. The Morgan fingerprint density at radius 2 is 1.92 bits per heavy atom. The molecule has 7 heteroatoms. The fraction of sp³-hybridized carbons (Fsp3) is 0.471. The predicted molar refractivity (Wildman–Crippen MR) is 90.8 cm³/mol. The summed E-state index contributed by atoms with van der Waals surface area (Å²) >= 11 is 0. The van der Waals surface area contributed by atoms with Gasteiger partial charge in [-0.25, -0.2) is 13.2 Å². The number of carboxylic acids is 1. The number of hydrogen-bond acceptors (Lipinski definition) is 4. The van der Waals surface area contributed by atoms with Crippen molar-refractivity contribution in [3.8, 4) is 5.75 Å². The molecule has 0 aliphatic carbocycles. The van der Waals surface area contributed by atoms with Crippen LogP contribution in [0.3, 0.4) is 0 Å². The molecule has 6 nitrogen and oxygen atoms in total. The number of aliphatic carboxylic acids is 1. The Hall–Kier alpha value is -1.86. The quantitative estimate of drug-likeness (QED) is 0.822. The van der Waals surface area contributed by atoms with Crippen LogP contribution in [0.25, 0.3) is 0 Å². The number of benzene rings is 1. The largest absolute Gasteiger partial charge is 0.497 e. The van der Waals surface area contributed by atoms with E-state index >= 15 is 0 Å². The third-order valence-electron chi connectivity index (χ3n) is 4.20. The van der Waals surface area contributed by atoms with Gasteiger partial charge in [0.2, 0.25) is 10.0 Å². The van der Waals surface area contributed by atoms with Gasteiger partial charge in [0, 0.05) is 18.7 Å². The van der Waals surface area contributed by atoms with Gasteiger partial charge in [0.1, 0.15) is 5.75 Å². The Balaban J connectivity index is 2.46. The molecular weight excluding hydrogens is 330 g/mol. The van der Waals surface area contributed by atoms with E-state index in [9.17, 15) is 13.2 Å². The first-order chi connectivity index (χ1) is 11.3. The number of aryl methyl sites for hydroxylation is 2. The Morgan fingerprint density at radius 3 is 2.46 bits per heavy atom. The minimum atomic E-state index is -3.71. The molecule has 1 aromatic rings. The molecule has 0 aromatic heterocycles. The highest BCUT2D eigenvalue weighted by molar-refractivity contribution is 7.89. The Labute approximate surface area is 142 Å².